The van der Waals surface area contributed by atoms with E-state index in [1.165, 1.54) is 17.7 Å². The Balaban J connectivity index is 1.58. The van der Waals surface area contributed by atoms with Gasteiger partial charge in [-0.05, 0) is 48.2 Å². The summed E-state index contributed by atoms with van der Waals surface area (Å²) in [6, 6.07) is 21.4. The van der Waals surface area contributed by atoms with E-state index >= 15 is 0 Å². The van der Waals surface area contributed by atoms with E-state index in [-0.39, 0.29) is 11.6 Å². The molecule has 3 aromatic carbocycles. The number of rotatable bonds is 6. The van der Waals surface area contributed by atoms with Gasteiger partial charge in [0.05, 0.1) is 11.6 Å². The second-order valence-electron chi connectivity index (χ2n) is 6.93. The van der Waals surface area contributed by atoms with Gasteiger partial charge in [-0.2, -0.15) is 0 Å². The first-order chi connectivity index (χ1) is 14.2. The maximum absolute atomic E-state index is 14.1. The number of carbonyl (C=O) groups is 1. The van der Waals surface area contributed by atoms with Crippen molar-refractivity contribution in [2.24, 2.45) is 0 Å². The molecule has 1 aliphatic heterocycles. The number of carbonyl (C=O) groups excluding carboxylic acids is 1. The molecule has 0 saturated carbocycles. The lowest BCUT2D eigenvalue weighted by molar-refractivity contribution is 0.0930. The first kappa shape index (κ1) is 19.0. The predicted octanol–water partition coefficient (Wildman–Crippen LogP) is 4.70. The molecule has 0 bridgehead atoms. The van der Waals surface area contributed by atoms with Crippen LogP contribution in [-0.4, -0.2) is 19.1 Å². The molecule has 0 aliphatic carbocycles. The van der Waals surface area contributed by atoms with Gasteiger partial charge in [-0.1, -0.05) is 48.5 Å². The molecule has 0 radical (unpaired) electrons. The van der Waals surface area contributed by atoms with Crippen LogP contribution in [0, 0.1) is 5.82 Å². The Morgan fingerprint density at radius 3 is 2.45 bits per heavy atom. The maximum Gasteiger partial charge on any atom is 0.254 e. The molecular weight excluding hydrogens is 369 g/mol. The molecule has 29 heavy (non-hydrogen) atoms. The molecule has 0 saturated heterocycles. The van der Waals surface area contributed by atoms with Gasteiger partial charge < -0.3 is 14.8 Å². The van der Waals surface area contributed by atoms with Crippen LogP contribution in [0.5, 0.6) is 11.5 Å². The summed E-state index contributed by atoms with van der Waals surface area (Å²) in [5, 5.41) is 2.99. The largest absolute Gasteiger partial charge is 0.486 e. The maximum atomic E-state index is 14.1. The predicted molar refractivity (Wildman–Crippen MR) is 109 cm³/mol. The van der Waals surface area contributed by atoms with Crippen molar-refractivity contribution in [1.29, 1.82) is 0 Å². The normalized spacial score (nSPS) is 13.6. The highest BCUT2D eigenvalue weighted by atomic mass is 19.1. The van der Waals surface area contributed by atoms with Gasteiger partial charge in [0, 0.05) is 0 Å². The van der Waals surface area contributed by atoms with Gasteiger partial charge in [-0.15, -0.1) is 0 Å². The lowest BCUT2D eigenvalue weighted by Crippen LogP contribution is -2.30. The van der Waals surface area contributed by atoms with Crippen molar-refractivity contribution in [3.63, 3.8) is 0 Å². The highest BCUT2D eigenvalue weighted by molar-refractivity contribution is 5.94. The Bertz CT molecular complexity index is 990. The lowest BCUT2D eigenvalue weighted by atomic mass is 9.98. The van der Waals surface area contributed by atoms with Crippen molar-refractivity contribution in [2.75, 3.05) is 13.2 Å². The molecule has 0 fully saturated rings. The smallest absolute Gasteiger partial charge is 0.254 e. The molecule has 0 aromatic heterocycles. The van der Waals surface area contributed by atoms with Crippen molar-refractivity contribution in [1.82, 2.24) is 5.32 Å². The summed E-state index contributed by atoms with van der Waals surface area (Å²) in [4.78, 5) is 12.7. The second-order valence-corrected chi connectivity index (χ2v) is 6.93. The van der Waals surface area contributed by atoms with Gasteiger partial charge in [0.1, 0.15) is 19.0 Å². The van der Waals surface area contributed by atoms with Gasteiger partial charge in [0.15, 0.2) is 11.5 Å². The van der Waals surface area contributed by atoms with Crippen molar-refractivity contribution in [3.05, 3.63) is 95.3 Å². The molecule has 1 atom stereocenters. The third-order valence-electron chi connectivity index (χ3n) is 4.96. The number of benzene rings is 3. The third-order valence-corrected chi connectivity index (χ3v) is 4.96. The molecule has 1 N–H and O–H groups in total. The Morgan fingerprint density at radius 1 is 0.931 bits per heavy atom. The first-order valence-corrected chi connectivity index (χ1v) is 9.69. The standard InChI is InChI=1S/C24H22FNO3/c25-20-9-5-4-8-19(20)24(27)26-21(12-10-17-6-2-1-3-7-17)18-11-13-22-23(16-18)29-15-14-28-22/h1-9,11,13,16,21H,10,12,14-15H2,(H,26,27)/t21-/m0/s1. The lowest BCUT2D eigenvalue weighted by Gasteiger charge is -2.23. The number of hydrogen-bond acceptors (Lipinski definition) is 3. The molecule has 5 heteroatoms. The summed E-state index contributed by atoms with van der Waals surface area (Å²) >= 11 is 0. The van der Waals surface area contributed by atoms with Crippen LogP contribution >= 0.6 is 0 Å². The Kier molecular flexibility index (Phi) is 5.75. The zero-order valence-corrected chi connectivity index (χ0v) is 15.9. The van der Waals surface area contributed by atoms with Gasteiger partial charge in [0.25, 0.3) is 5.91 Å². The second kappa shape index (κ2) is 8.78. The molecule has 0 spiro atoms. The zero-order chi connectivity index (χ0) is 20.1. The van der Waals surface area contributed by atoms with Crippen LogP contribution in [-0.2, 0) is 6.42 Å². The number of fused-ring (bicyclic) bond motifs is 1. The fraction of sp³-hybridized carbons (Fsp3) is 0.208. The van der Waals surface area contributed by atoms with E-state index in [0.717, 1.165) is 12.0 Å². The number of aryl methyl sites for hydroxylation is 1. The topological polar surface area (TPSA) is 47.6 Å². The summed E-state index contributed by atoms with van der Waals surface area (Å²) in [6.45, 7) is 1.01. The fourth-order valence-electron chi connectivity index (χ4n) is 3.44. The molecule has 1 aliphatic rings. The van der Waals surface area contributed by atoms with Crippen molar-refractivity contribution < 1.29 is 18.7 Å². The molecule has 1 heterocycles. The minimum Gasteiger partial charge on any atom is -0.486 e. The van der Waals surface area contributed by atoms with E-state index in [2.05, 4.69) is 17.4 Å². The Morgan fingerprint density at radius 2 is 1.66 bits per heavy atom. The first-order valence-electron chi connectivity index (χ1n) is 9.69. The van der Waals surface area contributed by atoms with Gasteiger partial charge in [-0.3, -0.25) is 4.79 Å². The molecule has 0 unspecified atom stereocenters. The minimum atomic E-state index is -0.533. The van der Waals surface area contributed by atoms with E-state index in [0.29, 0.717) is 31.1 Å². The summed E-state index contributed by atoms with van der Waals surface area (Å²) in [5.74, 6) is 0.394. The molecule has 1 amide bonds. The number of amides is 1. The van der Waals surface area contributed by atoms with Crippen LogP contribution in [0.4, 0.5) is 4.39 Å². The van der Waals surface area contributed by atoms with Gasteiger partial charge >= 0.3 is 0 Å². The summed E-state index contributed by atoms with van der Waals surface area (Å²) in [6.07, 6.45) is 1.45. The van der Waals surface area contributed by atoms with Crippen LogP contribution in [0.2, 0.25) is 0 Å². The Labute approximate surface area is 169 Å². The average molecular weight is 391 g/mol. The molecule has 4 nitrogen and oxygen atoms in total. The quantitative estimate of drug-likeness (QED) is 0.663. The van der Waals surface area contributed by atoms with Crippen LogP contribution in [0.3, 0.4) is 0 Å². The molecule has 3 aromatic rings. The molecule has 4 rings (SSSR count). The summed E-state index contributed by atoms with van der Waals surface area (Å²) in [5.41, 5.74) is 2.11. The van der Waals surface area contributed by atoms with E-state index in [1.54, 1.807) is 12.1 Å². The number of ether oxygens (including phenoxy) is 2. The molecule has 148 valence electrons. The SMILES string of the molecule is O=C(N[C@@H](CCc1ccccc1)c1ccc2c(c1)OCCO2)c1ccccc1F. The number of hydrogen-bond donors (Lipinski definition) is 1. The number of nitrogens with one attached hydrogen (secondary N) is 1. The van der Waals surface area contributed by atoms with Gasteiger partial charge in [0.2, 0.25) is 0 Å². The highest BCUT2D eigenvalue weighted by Crippen LogP contribution is 2.34. The van der Waals surface area contributed by atoms with E-state index < -0.39 is 11.7 Å². The van der Waals surface area contributed by atoms with Crippen LogP contribution in [0.15, 0.2) is 72.8 Å². The minimum absolute atomic E-state index is 0.0368. The van der Waals surface area contributed by atoms with Crippen LogP contribution in [0.25, 0.3) is 0 Å². The van der Waals surface area contributed by atoms with E-state index in [9.17, 15) is 9.18 Å². The molecular formula is C24H22FNO3. The van der Waals surface area contributed by atoms with Crippen molar-refractivity contribution in [2.45, 2.75) is 18.9 Å². The monoisotopic (exact) mass is 391 g/mol. The Hall–Kier alpha value is -3.34. The van der Waals surface area contributed by atoms with E-state index in [4.69, 9.17) is 9.47 Å². The average Bonchev–Trinajstić information content (AvgIpc) is 2.77. The zero-order valence-electron chi connectivity index (χ0n) is 15.9. The van der Waals surface area contributed by atoms with Gasteiger partial charge in [-0.25, -0.2) is 4.39 Å². The number of halogens is 1. The highest BCUT2D eigenvalue weighted by Gasteiger charge is 2.21. The van der Waals surface area contributed by atoms with Crippen LogP contribution < -0.4 is 14.8 Å². The fourth-order valence-corrected chi connectivity index (χ4v) is 3.44. The summed E-state index contributed by atoms with van der Waals surface area (Å²) < 4.78 is 25.4. The van der Waals surface area contributed by atoms with Crippen molar-refractivity contribution >= 4 is 5.91 Å². The third kappa shape index (κ3) is 4.57. The van der Waals surface area contributed by atoms with Crippen molar-refractivity contribution in [3.8, 4) is 11.5 Å². The summed E-state index contributed by atoms with van der Waals surface area (Å²) in [7, 11) is 0. The van der Waals surface area contributed by atoms with Crippen LogP contribution in [0.1, 0.15) is 33.9 Å². The van der Waals surface area contributed by atoms with E-state index in [1.807, 2.05) is 36.4 Å².